The third-order valence-electron chi connectivity index (χ3n) is 9.29. The van der Waals surface area contributed by atoms with Gasteiger partial charge in [0.25, 0.3) is 0 Å². The molecule has 0 aliphatic heterocycles. The molecule has 0 fully saturated rings. The second-order valence-corrected chi connectivity index (χ2v) is 14.7. The van der Waals surface area contributed by atoms with E-state index in [1.165, 1.54) is 122 Å². The summed E-state index contributed by atoms with van der Waals surface area (Å²) in [7, 11) is 0. The van der Waals surface area contributed by atoms with Crippen molar-refractivity contribution in [2.24, 2.45) is 5.92 Å². The van der Waals surface area contributed by atoms with Gasteiger partial charge in [0.2, 0.25) is 0 Å². The molecule has 0 spiro atoms. The van der Waals surface area contributed by atoms with Crippen molar-refractivity contribution in [3.8, 4) is 0 Å². The molecule has 0 rings (SSSR count). The van der Waals surface area contributed by atoms with Crippen LogP contribution in [0.2, 0.25) is 0 Å². The highest BCUT2D eigenvalue weighted by Gasteiger charge is 2.19. The lowest BCUT2D eigenvalue weighted by atomic mass is 10.0. The lowest BCUT2D eigenvalue weighted by Crippen LogP contribution is -2.30. The molecule has 0 aromatic rings. The van der Waals surface area contributed by atoms with Crippen LogP contribution < -0.4 is 0 Å². The van der Waals surface area contributed by atoms with Gasteiger partial charge in [-0.1, -0.05) is 188 Å². The van der Waals surface area contributed by atoms with Crippen LogP contribution in [0.5, 0.6) is 0 Å². The second-order valence-electron chi connectivity index (χ2n) is 14.7. The summed E-state index contributed by atoms with van der Waals surface area (Å²) in [6.07, 6.45) is 33.9. The van der Waals surface area contributed by atoms with E-state index in [0.29, 0.717) is 19.3 Å². The first-order chi connectivity index (χ1) is 23.4. The smallest absolute Gasteiger partial charge is 0.306 e. The quantitative estimate of drug-likeness (QED) is 0.0369. The van der Waals surface area contributed by atoms with Gasteiger partial charge in [-0.25, -0.2) is 0 Å². The average molecular weight is 681 g/mol. The lowest BCUT2D eigenvalue weighted by molar-refractivity contribution is -0.167. The van der Waals surface area contributed by atoms with E-state index >= 15 is 0 Å². The fourth-order valence-corrected chi connectivity index (χ4v) is 6.10. The van der Waals surface area contributed by atoms with Crippen LogP contribution in [0, 0.1) is 5.92 Å². The van der Waals surface area contributed by atoms with E-state index in [9.17, 15) is 14.4 Å². The van der Waals surface area contributed by atoms with Crippen LogP contribution in [0.25, 0.3) is 0 Å². The van der Waals surface area contributed by atoms with Crippen LogP contribution in [0.15, 0.2) is 0 Å². The number of carbonyl (C=O) groups excluding carboxylic acids is 3. The van der Waals surface area contributed by atoms with Crippen molar-refractivity contribution in [1.29, 1.82) is 0 Å². The highest BCUT2D eigenvalue weighted by molar-refractivity contribution is 5.71. The molecule has 0 aliphatic rings. The zero-order valence-electron chi connectivity index (χ0n) is 32.4. The summed E-state index contributed by atoms with van der Waals surface area (Å²) >= 11 is 0. The average Bonchev–Trinajstić information content (AvgIpc) is 3.06. The molecule has 0 N–H and O–H groups in total. The van der Waals surface area contributed by atoms with Crippen molar-refractivity contribution in [1.82, 2.24) is 0 Å². The molecule has 0 saturated carbocycles. The van der Waals surface area contributed by atoms with Gasteiger partial charge in [-0.05, 0) is 25.2 Å². The number of carbonyl (C=O) groups is 3. The molecule has 0 aromatic carbocycles. The predicted molar refractivity (Wildman–Crippen MR) is 201 cm³/mol. The minimum Gasteiger partial charge on any atom is -0.462 e. The van der Waals surface area contributed by atoms with Crippen LogP contribution in [-0.4, -0.2) is 37.2 Å². The van der Waals surface area contributed by atoms with Crippen LogP contribution in [0.1, 0.15) is 227 Å². The van der Waals surface area contributed by atoms with Crippen molar-refractivity contribution in [2.75, 3.05) is 13.2 Å². The molecule has 0 heterocycles. The molecular formula is C42H80O6. The number of esters is 3. The molecule has 0 unspecified atom stereocenters. The van der Waals surface area contributed by atoms with Crippen molar-refractivity contribution < 1.29 is 28.6 Å². The Balaban J connectivity index is 4.25. The van der Waals surface area contributed by atoms with E-state index in [-0.39, 0.29) is 31.1 Å². The monoisotopic (exact) mass is 681 g/mol. The fourth-order valence-electron chi connectivity index (χ4n) is 6.10. The third kappa shape index (κ3) is 35.7. The Morgan fingerprint density at radius 1 is 0.396 bits per heavy atom. The van der Waals surface area contributed by atoms with Crippen molar-refractivity contribution >= 4 is 17.9 Å². The molecular weight excluding hydrogens is 600 g/mol. The summed E-state index contributed by atoms with van der Waals surface area (Å²) in [5.41, 5.74) is 0. The number of rotatable bonds is 37. The minimum absolute atomic E-state index is 0.0656. The molecule has 0 amide bonds. The minimum atomic E-state index is -0.757. The van der Waals surface area contributed by atoms with Gasteiger partial charge >= 0.3 is 17.9 Å². The summed E-state index contributed by atoms with van der Waals surface area (Å²) < 4.78 is 16.6. The van der Waals surface area contributed by atoms with Crippen LogP contribution >= 0.6 is 0 Å². The molecule has 0 aliphatic carbocycles. The first kappa shape index (κ1) is 46.4. The molecule has 0 bridgehead atoms. The lowest BCUT2D eigenvalue weighted by Gasteiger charge is -2.18. The number of unbranched alkanes of at least 4 members (excludes halogenated alkanes) is 24. The summed E-state index contributed by atoms with van der Waals surface area (Å²) in [6, 6.07) is 0. The van der Waals surface area contributed by atoms with Crippen molar-refractivity contribution in [3.05, 3.63) is 0 Å². The second kappa shape index (κ2) is 36.7. The van der Waals surface area contributed by atoms with Gasteiger partial charge in [-0.2, -0.15) is 0 Å². The van der Waals surface area contributed by atoms with E-state index in [0.717, 1.165) is 63.7 Å². The zero-order valence-corrected chi connectivity index (χ0v) is 32.4. The van der Waals surface area contributed by atoms with Crippen LogP contribution in [0.3, 0.4) is 0 Å². The van der Waals surface area contributed by atoms with Gasteiger partial charge in [-0.15, -0.1) is 0 Å². The Kier molecular flexibility index (Phi) is 35.5. The first-order valence-corrected chi connectivity index (χ1v) is 20.9. The molecule has 0 aromatic heterocycles. The van der Waals surface area contributed by atoms with Crippen LogP contribution in [0.4, 0.5) is 0 Å². The standard InChI is InChI=1S/C42H80O6/c1-5-7-9-11-13-14-15-16-17-18-19-21-25-29-33-40(43)46-36-39(48-42(45)35-31-27-20-12-10-8-6-2)37-47-41(44)34-30-26-23-22-24-28-32-38(3)4/h38-39H,5-37H2,1-4H3/t39-/m1/s1. The predicted octanol–water partition coefficient (Wildman–Crippen LogP) is 12.8. The summed E-state index contributed by atoms with van der Waals surface area (Å²) in [6.45, 7) is 8.87. The Morgan fingerprint density at radius 3 is 1.02 bits per heavy atom. The molecule has 1 atom stereocenters. The summed E-state index contributed by atoms with van der Waals surface area (Å²) in [5.74, 6) is -0.107. The fraction of sp³-hybridized carbons (Fsp3) is 0.929. The molecule has 6 nitrogen and oxygen atoms in total. The Morgan fingerprint density at radius 2 is 0.688 bits per heavy atom. The van der Waals surface area contributed by atoms with Gasteiger partial charge < -0.3 is 14.2 Å². The van der Waals surface area contributed by atoms with Crippen LogP contribution in [-0.2, 0) is 28.6 Å². The number of hydrogen-bond acceptors (Lipinski definition) is 6. The summed E-state index contributed by atoms with van der Waals surface area (Å²) in [5, 5.41) is 0. The Labute approximate surface area is 298 Å². The molecule has 0 saturated heterocycles. The normalized spacial score (nSPS) is 11.9. The van der Waals surface area contributed by atoms with E-state index in [4.69, 9.17) is 14.2 Å². The maximum atomic E-state index is 12.6. The van der Waals surface area contributed by atoms with E-state index < -0.39 is 6.10 Å². The highest BCUT2D eigenvalue weighted by Crippen LogP contribution is 2.15. The van der Waals surface area contributed by atoms with Gasteiger partial charge in [0, 0.05) is 19.3 Å². The molecule has 48 heavy (non-hydrogen) atoms. The largest absolute Gasteiger partial charge is 0.462 e. The maximum Gasteiger partial charge on any atom is 0.306 e. The number of ether oxygens (including phenoxy) is 3. The molecule has 0 radical (unpaired) electrons. The molecule has 284 valence electrons. The maximum absolute atomic E-state index is 12.6. The van der Waals surface area contributed by atoms with Gasteiger partial charge in [0.15, 0.2) is 6.10 Å². The molecule has 6 heteroatoms. The highest BCUT2D eigenvalue weighted by atomic mass is 16.6. The van der Waals surface area contributed by atoms with Crippen molar-refractivity contribution in [3.63, 3.8) is 0 Å². The van der Waals surface area contributed by atoms with Crippen molar-refractivity contribution in [2.45, 2.75) is 233 Å². The number of hydrogen-bond donors (Lipinski definition) is 0. The van der Waals surface area contributed by atoms with E-state index in [1.54, 1.807) is 0 Å². The zero-order chi connectivity index (χ0) is 35.3. The summed E-state index contributed by atoms with van der Waals surface area (Å²) in [4.78, 5) is 37.4. The SMILES string of the molecule is CCCCCCCCCCCCCCCCC(=O)OC[C@H](COC(=O)CCCCCCCCC(C)C)OC(=O)CCCCCCCCC. The first-order valence-electron chi connectivity index (χ1n) is 20.9. The van der Waals surface area contributed by atoms with E-state index in [2.05, 4.69) is 27.7 Å². The van der Waals surface area contributed by atoms with Gasteiger partial charge in [0.1, 0.15) is 13.2 Å². The Hall–Kier alpha value is -1.59. The van der Waals surface area contributed by atoms with Gasteiger partial charge in [-0.3, -0.25) is 14.4 Å². The van der Waals surface area contributed by atoms with Gasteiger partial charge in [0.05, 0.1) is 0 Å². The third-order valence-corrected chi connectivity index (χ3v) is 9.29. The van der Waals surface area contributed by atoms with E-state index in [1.807, 2.05) is 0 Å². The topological polar surface area (TPSA) is 78.9 Å². The Bertz CT molecular complexity index is 721.